The van der Waals surface area contributed by atoms with Gasteiger partial charge in [0.15, 0.2) is 0 Å². The van der Waals surface area contributed by atoms with Crippen molar-refractivity contribution in [3.63, 3.8) is 0 Å². The summed E-state index contributed by atoms with van der Waals surface area (Å²) in [5.41, 5.74) is 5.90. The molecule has 1 heterocycles. The molecule has 0 aliphatic carbocycles. The maximum atomic E-state index is 5.46. The highest BCUT2D eigenvalue weighted by Gasteiger charge is 2.17. The molecule has 0 bridgehead atoms. The number of aryl methyl sites for hydroxylation is 2. The fourth-order valence-electron chi connectivity index (χ4n) is 1.66. The van der Waals surface area contributed by atoms with Gasteiger partial charge >= 0.3 is 0 Å². The van der Waals surface area contributed by atoms with Crippen LogP contribution in [0.5, 0.6) is 0 Å². The Bertz CT molecular complexity index is 359. The fourth-order valence-corrected chi connectivity index (χ4v) is 1.66. The summed E-state index contributed by atoms with van der Waals surface area (Å²) in [6, 6.07) is -0.00583. The van der Waals surface area contributed by atoms with Crippen molar-refractivity contribution in [2.45, 2.75) is 26.3 Å². The van der Waals surface area contributed by atoms with E-state index in [0.717, 1.165) is 17.0 Å². The number of nitrogens with zero attached hydrogens (tertiary/aromatic N) is 2. The molecule has 0 fully saturated rings. The minimum absolute atomic E-state index is 0.00583. The van der Waals surface area contributed by atoms with Crippen LogP contribution in [0.25, 0.3) is 0 Å². The molecule has 4 nitrogen and oxygen atoms in total. The summed E-state index contributed by atoms with van der Waals surface area (Å²) in [5.74, 6) is 8.06. The first-order valence-electron chi connectivity index (χ1n) is 4.51. The molecule has 1 atom stereocenters. The topological polar surface area (TPSA) is 55.9 Å². The first-order chi connectivity index (χ1) is 6.61. The van der Waals surface area contributed by atoms with Crippen molar-refractivity contribution < 1.29 is 0 Å². The fraction of sp³-hybridized carbons (Fsp3) is 0.500. The third-order valence-corrected chi connectivity index (χ3v) is 2.44. The van der Waals surface area contributed by atoms with Crippen molar-refractivity contribution in [1.82, 2.24) is 15.2 Å². The smallest absolute Gasteiger partial charge is 0.0645 e. The van der Waals surface area contributed by atoms with Gasteiger partial charge in [0, 0.05) is 24.7 Å². The van der Waals surface area contributed by atoms with Gasteiger partial charge in [-0.2, -0.15) is 5.10 Å². The Balaban J connectivity index is 3.10. The van der Waals surface area contributed by atoms with Crippen LogP contribution in [0.3, 0.4) is 0 Å². The number of rotatable bonds is 3. The first kappa shape index (κ1) is 10.8. The van der Waals surface area contributed by atoms with Crippen LogP contribution < -0.4 is 11.3 Å². The molecule has 0 amide bonds. The molecule has 14 heavy (non-hydrogen) atoms. The van der Waals surface area contributed by atoms with Gasteiger partial charge in [-0.3, -0.25) is 16.0 Å². The number of hydrazine groups is 1. The van der Waals surface area contributed by atoms with Crippen LogP contribution in [0.1, 0.15) is 29.4 Å². The van der Waals surface area contributed by atoms with Crippen molar-refractivity contribution in [1.29, 1.82) is 0 Å². The van der Waals surface area contributed by atoms with Gasteiger partial charge in [-0.1, -0.05) is 0 Å². The lowest BCUT2D eigenvalue weighted by Gasteiger charge is -2.13. The minimum Gasteiger partial charge on any atom is -0.272 e. The summed E-state index contributed by atoms with van der Waals surface area (Å²) < 4.78 is 1.84. The van der Waals surface area contributed by atoms with Crippen LogP contribution in [0, 0.1) is 26.2 Å². The summed E-state index contributed by atoms with van der Waals surface area (Å²) in [5, 5.41) is 4.31. The molecule has 0 spiro atoms. The van der Waals surface area contributed by atoms with Crippen LogP contribution in [-0.4, -0.2) is 9.78 Å². The normalized spacial score (nSPS) is 12.5. The van der Waals surface area contributed by atoms with Crippen molar-refractivity contribution in [3.8, 4) is 12.3 Å². The van der Waals surface area contributed by atoms with E-state index in [1.807, 2.05) is 25.6 Å². The zero-order chi connectivity index (χ0) is 10.7. The predicted octanol–water partition coefficient (Wildman–Crippen LogP) is 0.565. The Kier molecular flexibility index (Phi) is 3.28. The largest absolute Gasteiger partial charge is 0.272 e. The number of nitrogens with two attached hydrogens (primary N) is 1. The number of hydrogen-bond acceptors (Lipinski definition) is 3. The van der Waals surface area contributed by atoms with Gasteiger partial charge in [-0.15, -0.1) is 12.3 Å². The summed E-state index contributed by atoms with van der Waals surface area (Å²) in [7, 11) is 1.91. The monoisotopic (exact) mass is 192 g/mol. The highest BCUT2D eigenvalue weighted by Crippen LogP contribution is 2.22. The molecule has 0 radical (unpaired) electrons. The van der Waals surface area contributed by atoms with Crippen molar-refractivity contribution >= 4 is 0 Å². The average Bonchev–Trinajstić information content (AvgIpc) is 2.39. The molecular formula is C10H16N4. The second kappa shape index (κ2) is 4.27. The van der Waals surface area contributed by atoms with E-state index in [9.17, 15) is 0 Å². The van der Waals surface area contributed by atoms with E-state index >= 15 is 0 Å². The second-order valence-electron chi connectivity index (χ2n) is 3.34. The molecule has 0 saturated heterocycles. The quantitative estimate of drug-likeness (QED) is 0.418. The molecule has 1 aromatic rings. The Morgan fingerprint density at radius 2 is 2.29 bits per heavy atom. The molecule has 4 heteroatoms. The Morgan fingerprint density at radius 3 is 2.64 bits per heavy atom. The lowest BCUT2D eigenvalue weighted by Crippen LogP contribution is -2.28. The number of nitrogens with one attached hydrogen (secondary N) is 1. The van der Waals surface area contributed by atoms with E-state index in [0.29, 0.717) is 6.42 Å². The van der Waals surface area contributed by atoms with Gasteiger partial charge in [0.2, 0.25) is 0 Å². The van der Waals surface area contributed by atoms with Gasteiger partial charge in [0.1, 0.15) is 0 Å². The van der Waals surface area contributed by atoms with E-state index in [-0.39, 0.29) is 6.04 Å². The molecule has 0 saturated carbocycles. The predicted molar refractivity (Wildman–Crippen MR) is 56.2 cm³/mol. The summed E-state index contributed by atoms with van der Waals surface area (Å²) >= 11 is 0. The minimum atomic E-state index is -0.00583. The summed E-state index contributed by atoms with van der Waals surface area (Å²) in [6.07, 6.45) is 5.85. The number of terminal acetylenes is 1. The van der Waals surface area contributed by atoms with Gasteiger partial charge < -0.3 is 0 Å². The van der Waals surface area contributed by atoms with Gasteiger partial charge in [0.25, 0.3) is 0 Å². The van der Waals surface area contributed by atoms with Crippen LogP contribution in [0.2, 0.25) is 0 Å². The highest BCUT2D eigenvalue weighted by atomic mass is 15.3. The molecular weight excluding hydrogens is 176 g/mol. The summed E-state index contributed by atoms with van der Waals surface area (Å²) in [6.45, 7) is 3.97. The number of hydrogen-bond donors (Lipinski definition) is 2. The van der Waals surface area contributed by atoms with Crippen LogP contribution in [-0.2, 0) is 7.05 Å². The molecule has 1 unspecified atom stereocenters. The third kappa shape index (κ3) is 1.79. The second-order valence-corrected chi connectivity index (χ2v) is 3.34. The summed E-state index contributed by atoms with van der Waals surface area (Å²) in [4.78, 5) is 0. The Hall–Kier alpha value is -1.31. The molecule has 0 aliphatic heterocycles. The molecule has 3 N–H and O–H groups in total. The molecule has 1 aromatic heterocycles. The van der Waals surface area contributed by atoms with E-state index in [2.05, 4.69) is 16.4 Å². The zero-order valence-electron chi connectivity index (χ0n) is 8.83. The standard InChI is InChI=1S/C10H16N4/c1-5-6-9(12-11)10-7(2)13-14(4)8(10)3/h1,9,12H,6,11H2,2-4H3. The molecule has 0 aliphatic rings. The maximum absolute atomic E-state index is 5.46. The van der Waals surface area contributed by atoms with E-state index in [1.165, 1.54) is 0 Å². The third-order valence-electron chi connectivity index (χ3n) is 2.44. The van der Waals surface area contributed by atoms with E-state index in [1.54, 1.807) is 0 Å². The molecule has 1 rings (SSSR count). The van der Waals surface area contributed by atoms with Crippen molar-refractivity contribution in [2.24, 2.45) is 12.9 Å². The van der Waals surface area contributed by atoms with Crippen LogP contribution >= 0.6 is 0 Å². The van der Waals surface area contributed by atoms with E-state index < -0.39 is 0 Å². The molecule has 76 valence electrons. The molecule has 0 aromatic carbocycles. The average molecular weight is 192 g/mol. The maximum Gasteiger partial charge on any atom is 0.0645 e. The van der Waals surface area contributed by atoms with Gasteiger partial charge in [-0.05, 0) is 13.8 Å². The lowest BCUT2D eigenvalue weighted by molar-refractivity contribution is 0.561. The highest BCUT2D eigenvalue weighted by molar-refractivity contribution is 5.29. The first-order valence-corrected chi connectivity index (χ1v) is 4.51. The Labute approximate surface area is 84.5 Å². The Morgan fingerprint density at radius 1 is 1.64 bits per heavy atom. The number of aromatic nitrogens is 2. The van der Waals surface area contributed by atoms with Crippen LogP contribution in [0.4, 0.5) is 0 Å². The van der Waals surface area contributed by atoms with Crippen molar-refractivity contribution in [3.05, 3.63) is 17.0 Å². The van der Waals surface area contributed by atoms with Crippen LogP contribution in [0.15, 0.2) is 0 Å². The van der Waals surface area contributed by atoms with E-state index in [4.69, 9.17) is 12.3 Å². The SMILES string of the molecule is C#CCC(NN)c1c(C)nn(C)c1C. The zero-order valence-corrected chi connectivity index (χ0v) is 8.83. The van der Waals surface area contributed by atoms with Gasteiger partial charge in [-0.25, -0.2) is 0 Å². The van der Waals surface area contributed by atoms with Gasteiger partial charge in [0.05, 0.1) is 11.7 Å². The lowest BCUT2D eigenvalue weighted by atomic mass is 10.0. The van der Waals surface area contributed by atoms with Crippen molar-refractivity contribution in [2.75, 3.05) is 0 Å².